The van der Waals surface area contributed by atoms with Gasteiger partial charge in [0.25, 0.3) is 5.56 Å². The molecule has 3 aromatic heterocycles. The second-order valence-electron chi connectivity index (χ2n) is 8.22. The van der Waals surface area contributed by atoms with E-state index in [1.54, 1.807) is 30.0 Å². The molecule has 0 saturated carbocycles. The molecule has 1 aliphatic heterocycles. The summed E-state index contributed by atoms with van der Waals surface area (Å²) in [5.74, 6) is 0.106. The van der Waals surface area contributed by atoms with E-state index in [9.17, 15) is 9.59 Å². The molecule has 0 aliphatic carbocycles. The highest BCUT2D eigenvalue weighted by molar-refractivity contribution is 5.88. The second kappa shape index (κ2) is 7.23. The molecule has 1 aliphatic rings. The van der Waals surface area contributed by atoms with Crippen LogP contribution in [0.5, 0.6) is 0 Å². The highest BCUT2D eigenvalue weighted by atomic mass is 16.2. The lowest BCUT2D eigenvalue weighted by Gasteiger charge is -2.26. The van der Waals surface area contributed by atoms with Crippen molar-refractivity contribution in [3.8, 4) is 16.9 Å². The number of pyridine rings is 2. The molecule has 5 rings (SSSR count). The van der Waals surface area contributed by atoms with E-state index in [2.05, 4.69) is 28.7 Å². The van der Waals surface area contributed by atoms with Crippen molar-refractivity contribution in [2.75, 3.05) is 6.54 Å². The van der Waals surface area contributed by atoms with E-state index in [0.29, 0.717) is 6.54 Å². The lowest BCUT2D eigenvalue weighted by atomic mass is 10.0. The van der Waals surface area contributed by atoms with Gasteiger partial charge in [-0.1, -0.05) is 12.1 Å². The number of amides is 1. The molecule has 0 N–H and O–H groups in total. The van der Waals surface area contributed by atoms with Crippen LogP contribution in [0.2, 0.25) is 0 Å². The van der Waals surface area contributed by atoms with Gasteiger partial charge in [-0.3, -0.25) is 19.1 Å². The van der Waals surface area contributed by atoms with Gasteiger partial charge in [-0.25, -0.2) is 0 Å². The van der Waals surface area contributed by atoms with Crippen LogP contribution in [0.3, 0.4) is 0 Å². The van der Waals surface area contributed by atoms with Crippen LogP contribution >= 0.6 is 0 Å². The van der Waals surface area contributed by atoms with Gasteiger partial charge < -0.3 is 9.47 Å². The summed E-state index contributed by atoms with van der Waals surface area (Å²) in [6.45, 7) is 4.99. The van der Waals surface area contributed by atoms with E-state index in [1.165, 1.54) is 11.3 Å². The van der Waals surface area contributed by atoms with Crippen LogP contribution in [0.15, 0.2) is 59.7 Å². The van der Waals surface area contributed by atoms with Crippen molar-refractivity contribution in [1.29, 1.82) is 0 Å². The Morgan fingerprint density at radius 2 is 1.94 bits per heavy atom. The molecule has 156 valence electrons. The van der Waals surface area contributed by atoms with Crippen molar-refractivity contribution in [2.24, 2.45) is 7.05 Å². The third-order valence-electron chi connectivity index (χ3n) is 6.24. The number of carbonyl (C=O) groups excluding carboxylic acids is 1. The summed E-state index contributed by atoms with van der Waals surface area (Å²) in [7, 11) is 2.06. The third kappa shape index (κ3) is 3.24. The predicted octanol–water partition coefficient (Wildman–Crippen LogP) is 3.60. The molecule has 6 nitrogen and oxygen atoms in total. The monoisotopic (exact) mass is 412 g/mol. The van der Waals surface area contributed by atoms with E-state index in [1.807, 2.05) is 36.1 Å². The summed E-state index contributed by atoms with van der Waals surface area (Å²) in [6, 6.07) is 13.6. The van der Waals surface area contributed by atoms with Crippen LogP contribution < -0.4 is 5.56 Å². The number of hydrogen-bond acceptors (Lipinski definition) is 3. The maximum Gasteiger partial charge on any atom is 0.255 e. The lowest BCUT2D eigenvalue weighted by Crippen LogP contribution is -2.34. The van der Waals surface area contributed by atoms with Crippen LogP contribution in [0.25, 0.3) is 27.8 Å². The van der Waals surface area contributed by atoms with Gasteiger partial charge in [-0.05, 0) is 36.8 Å². The number of aryl methyl sites for hydroxylation is 2. The molecular weight excluding hydrogens is 388 g/mol. The van der Waals surface area contributed by atoms with Crippen molar-refractivity contribution in [3.05, 3.63) is 82.0 Å². The van der Waals surface area contributed by atoms with E-state index < -0.39 is 0 Å². The van der Waals surface area contributed by atoms with E-state index in [4.69, 9.17) is 0 Å². The van der Waals surface area contributed by atoms with Gasteiger partial charge in [-0.15, -0.1) is 0 Å². The van der Waals surface area contributed by atoms with Crippen molar-refractivity contribution >= 4 is 16.8 Å². The minimum atomic E-state index is -0.0963. The molecule has 4 aromatic rings. The van der Waals surface area contributed by atoms with Crippen LogP contribution in [0.4, 0.5) is 0 Å². The van der Waals surface area contributed by atoms with Gasteiger partial charge >= 0.3 is 0 Å². The highest BCUT2D eigenvalue weighted by Gasteiger charge is 2.24. The first-order chi connectivity index (χ1) is 14.9. The minimum Gasteiger partial charge on any atom is -0.347 e. The Morgan fingerprint density at radius 3 is 2.65 bits per heavy atom. The van der Waals surface area contributed by atoms with E-state index in [-0.39, 0.29) is 11.5 Å². The summed E-state index contributed by atoms with van der Waals surface area (Å²) >= 11 is 0. The Bertz CT molecular complexity index is 1380. The fraction of sp³-hybridized carbons (Fsp3) is 0.240. The third-order valence-corrected chi connectivity index (χ3v) is 6.24. The molecule has 0 saturated heterocycles. The predicted molar refractivity (Wildman–Crippen MR) is 121 cm³/mol. The van der Waals surface area contributed by atoms with Gasteiger partial charge in [0.15, 0.2) is 0 Å². The zero-order valence-electron chi connectivity index (χ0n) is 17.9. The standard InChI is InChI=1S/C25H24N4O2/c1-16-4-7-22(26-14-16)18-8-11-29(25(31)12-18)19-5-6-20-21-15-28(17(2)30)10-9-23(21)27(3)24(20)13-19/h4-8,11-14H,9-10,15H2,1-3H3. The molecule has 31 heavy (non-hydrogen) atoms. The minimum absolute atomic E-state index is 0.0963. The van der Waals surface area contributed by atoms with Crippen molar-refractivity contribution in [3.63, 3.8) is 0 Å². The fourth-order valence-electron chi connectivity index (χ4n) is 4.47. The Kier molecular flexibility index (Phi) is 4.50. The van der Waals surface area contributed by atoms with Crippen molar-refractivity contribution in [2.45, 2.75) is 26.8 Å². The van der Waals surface area contributed by atoms with Gasteiger partial charge in [-0.2, -0.15) is 0 Å². The lowest BCUT2D eigenvalue weighted by molar-refractivity contribution is -0.129. The molecule has 1 amide bonds. The SMILES string of the molecule is CC(=O)N1CCc2c(c3ccc(-n4ccc(-c5ccc(C)cn5)cc4=O)cc3n2C)C1. The normalized spacial score (nSPS) is 13.5. The van der Waals surface area contributed by atoms with Gasteiger partial charge in [0.2, 0.25) is 5.91 Å². The number of carbonyl (C=O) groups is 1. The molecule has 0 spiro atoms. The molecule has 0 bridgehead atoms. The molecule has 0 unspecified atom stereocenters. The first kappa shape index (κ1) is 19.3. The van der Waals surface area contributed by atoms with Crippen molar-refractivity contribution in [1.82, 2.24) is 19.0 Å². The molecule has 1 aromatic carbocycles. The summed E-state index contributed by atoms with van der Waals surface area (Å²) in [6.07, 6.45) is 4.45. The van der Waals surface area contributed by atoms with Crippen LogP contribution in [0, 0.1) is 6.92 Å². The topological polar surface area (TPSA) is 60.1 Å². The second-order valence-corrected chi connectivity index (χ2v) is 8.22. The highest BCUT2D eigenvalue weighted by Crippen LogP contribution is 2.31. The summed E-state index contributed by atoms with van der Waals surface area (Å²) < 4.78 is 3.85. The summed E-state index contributed by atoms with van der Waals surface area (Å²) in [4.78, 5) is 31.1. The molecule has 0 atom stereocenters. The Balaban J connectivity index is 1.56. The van der Waals surface area contributed by atoms with Gasteiger partial charge in [0, 0.05) is 74.1 Å². The number of benzene rings is 1. The average Bonchev–Trinajstić information content (AvgIpc) is 3.05. The molecular formula is C25H24N4O2. The molecule has 4 heterocycles. The smallest absolute Gasteiger partial charge is 0.255 e. The Morgan fingerprint density at radius 1 is 1.10 bits per heavy atom. The molecule has 6 heteroatoms. The van der Waals surface area contributed by atoms with E-state index in [0.717, 1.165) is 46.4 Å². The largest absolute Gasteiger partial charge is 0.347 e. The van der Waals surface area contributed by atoms with Crippen LogP contribution in [-0.4, -0.2) is 31.5 Å². The summed E-state index contributed by atoms with van der Waals surface area (Å²) in [5, 5.41) is 1.14. The van der Waals surface area contributed by atoms with Gasteiger partial charge in [0.1, 0.15) is 0 Å². The summed E-state index contributed by atoms with van der Waals surface area (Å²) in [5.41, 5.74) is 6.95. The molecule has 0 fully saturated rings. The maximum absolute atomic E-state index is 12.9. The number of fused-ring (bicyclic) bond motifs is 3. The van der Waals surface area contributed by atoms with Crippen LogP contribution in [0.1, 0.15) is 23.7 Å². The maximum atomic E-state index is 12.9. The molecule has 0 radical (unpaired) electrons. The number of nitrogens with zero attached hydrogens (tertiary/aromatic N) is 4. The number of aromatic nitrogens is 3. The quantitative estimate of drug-likeness (QED) is 0.505. The number of rotatable bonds is 2. The van der Waals surface area contributed by atoms with Crippen LogP contribution in [-0.2, 0) is 24.8 Å². The Labute approximate surface area is 180 Å². The fourth-order valence-corrected chi connectivity index (χ4v) is 4.47. The first-order valence-corrected chi connectivity index (χ1v) is 10.4. The van der Waals surface area contributed by atoms with E-state index >= 15 is 0 Å². The Hall–Kier alpha value is -3.67. The first-order valence-electron chi connectivity index (χ1n) is 10.4. The average molecular weight is 412 g/mol. The zero-order chi connectivity index (χ0) is 21.7. The number of hydrogen-bond donors (Lipinski definition) is 0. The zero-order valence-corrected chi connectivity index (χ0v) is 17.9. The van der Waals surface area contributed by atoms with Crippen molar-refractivity contribution < 1.29 is 4.79 Å². The van der Waals surface area contributed by atoms with Gasteiger partial charge in [0.05, 0.1) is 16.9 Å².